The van der Waals surface area contributed by atoms with Crippen molar-refractivity contribution in [1.82, 2.24) is 5.32 Å². The Morgan fingerprint density at radius 1 is 1.25 bits per heavy atom. The van der Waals surface area contributed by atoms with E-state index in [1.807, 2.05) is 5.32 Å². The van der Waals surface area contributed by atoms with Crippen LogP contribution in [0.3, 0.4) is 0 Å². The summed E-state index contributed by atoms with van der Waals surface area (Å²) in [5, 5.41) is 11.0. The van der Waals surface area contributed by atoms with Gasteiger partial charge in [0.2, 0.25) is 5.66 Å². The number of dihydropyridines is 1. The van der Waals surface area contributed by atoms with Gasteiger partial charge in [-0.3, -0.25) is 9.79 Å². The second-order valence-electron chi connectivity index (χ2n) is 4.81. The molecule has 0 aromatic heterocycles. The number of carbonyl (C=O) groups excluding carboxylic acids is 1. The van der Waals surface area contributed by atoms with E-state index >= 15 is 0 Å². The highest BCUT2D eigenvalue weighted by atomic mass is 19.4. The van der Waals surface area contributed by atoms with Crippen LogP contribution in [0.4, 0.5) is 22.0 Å². The second kappa shape index (κ2) is 6.02. The number of nitrogens with zero attached hydrogens (tertiary/aromatic N) is 1. The fourth-order valence-corrected chi connectivity index (χ4v) is 2.07. The van der Waals surface area contributed by atoms with Gasteiger partial charge in [-0.05, 0) is 18.2 Å². The minimum absolute atomic E-state index is 0.324. The topological polar surface area (TPSA) is 78.8 Å². The Hall–Kier alpha value is -2.78. The van der Waals surface area contributed by atoms with Gasteiger partial charge in [-0.2, -0.15) is 13.2 Å². The number of carbonyl (C=O) groups is 2. The summed E-state index contributed by atoms with van der Waals surface area (Å²) < 4.78 is 65.4. The maximum atomic E-state index is 13.5. The third-order valence-corrected chi connectivity index (χ3v) is 3.23. The predicted molar refractivity (Wildman–Crippen MR) is 71.4 cm³/mol. The minimum Gasteiger partial charge on any atom is -0.478 e. The molecule has 1 aliphatic rings. The van der Waals surface area contributed by atoms with Crippen LogP contribution in [-0.2, 0) is 11.0 Å². The van der Waals surface area contributed by atoms with Gasteiger partial charge in [0.25, 0.3) is 5.91 Å². The Labute approximate surface area is 131 Å². The van der Waals surface area contributed by atoms with E-state index in [2.05, 4.69) is 4.99 Å². The van der Waals surface area contributed by atoms with Crippen molar-refractivity contribution < 1.29 is 36.6 Å². The summed E-state index contributed by atoms with van der Waals surface area (Å²) >= 11 is 0. The Kier molecular flexibility index (Phi) is 4.41. The van der Waals surface area contributed by atoms with Crippen molar-refractivity contribution in [3.63, 3.8) is 0 Å². The number of amides is 1. The molecule has 0 bridgehead atoms. The van der Waals surface area contributed by atoms with E-state index in [4.69, 9.17) is 0 Å². The van der Waals surface area contributed by atoms with E-state index in [1.54, 1.807) is 0 Å². The Bertz CT molecular complexity index is 758. The highest BCUT2D eigenvalue weighted by molar-refractivity contribution is 6.00. The van der Waals surface area contributed by atoms with Crippen molar-refractivity contribution in [2.75, 3.05) is 0 Å². The average Bonchev–Trinajstić information content (AvgIpc) is 2.49. The van der Waals surface area contributed by atoms with Gasteiger partial charge in [-0.15, -0.1) is 0 Å². The first kappa shape index (κ1) is 17.6. The molecule has 1 aliphatic heterocycles. The number of hydrogen-bond acceptors (Lipinski definition) is 3. The van der Waals surface area contributed by atoms with Crippen LogP contribution in [0, 0.1) is 11.6 Å². The number of alkyl halides is 3. The summed E-state index contributed by atoms with van der Waals surface area (Å²) in [4.78, 5) is 27.0. The summed E-state index contributed by atoms with van der Waals surface area (Å²) in [5.74, 6) is -7.19. The van der Waals surface area contributed by atoms with Gasteiger partial charge in [0.15, 0.2) is 11.6 Å². The molecule has 0 saturated carbocycles. The summed E-state index contributed by atoms with van der Waals surface area (Å²) in [7, 11) is 0. The molecule has 0 spiro atoms. The van der Waals surface area contributed by atoms with Gasteiger partial charge in [0, 0.05) is 12.6 Å². The third-order valence-electron chi connectivity index (χ3n) is 3.23. The lowest BCUT2D eigenvalue weighted by atomic mass is 10.0. The Morgan fingerprint density at radius 3 is 2.42 bits per heavy atom. The third kappa shape index (κ3) is 3.12. The van der Waals surface area contributed by atoms with Gasteiger partial charge >= 0.3 is 12.1 Å². The van der Waals surface area contributed by atoms with E-state index in [-0.39, 0.29) is 6.42 Å². The van der Waals surface area contributed by atoms with Crippen LogP contribution < -0.4 is 5.32 Å². The Morgan fingerprint density at radius 2 is 1.92 bits per heavy atom. The summed E-state index contributed by atoms with van der Waals surface area (Å²) in [6, 6.07) is 0.769. The van der Waals surface area contributed by atoms with Crippen molar-refractivity contribution in [2.24, 2.45) is 4.99 Å². The first-order valence-electron chi connectivity index (χ1n) is 6.40. The number of halogens is 5. The van der Waals surface area contributed by atoms with Crippen LogP contribution in [0.15, 0.2) is 29.3 Å². The number of nitrogens with one attached hydrogen (secondary N) is 1. The summed E-state index contributed by atoms with van der Waals surface area (Å²) in [6.45, 7) is 0. The molecule has 1 aromatic carbocycles. The van der Waals surface area contributed by atoms with Gasteiger partial charge < -0.3 is 10.4 Å². The number of aliphatic imine (C=N–C) groups is 1. The molecule has 1 aromatic rings. The van der Waals surface area contributed by atoms with Crippen molar-refractivity contribution in [2.45, 2.75) is 18.3 Å². The summed E-state index contributed by atoms with van der Waals surface area (Å²) in [6.07, 6.45) is -1.92. The number of benzene rings is 1. The van der Waals surface area contributed by atoms with Gasteiger partial charge in [0.05, 0.1) is 5.56 Å². The first-order chi connectivity index (χ1) is 11.1. The number of carboxylic acids is 1. The molecule has 0 saturated heterocycles. The lowest BCUT2D eigenvalue weighted by Crippen LogP contribution is -2.53. The fraction of sp³-hybridized carbons (Fsp3) is 0.214. The van der Waals surface area contributed by atoms with Crippen LogP contribution in [0.2, 0.25) is 0 Å². The number of carboxylic acid groups (broad SMARTS) is 1. The van der Waals surface area contributed by atoms with Crippen LogP contribution in [0.25, 0.3) is 0 Å². The molecule has 1 heterocycles. The maximum Gasteiger partial charge on any atom is 0.420 e. The van der Waals surface area contributed by atoms with Crippen LogP contribution in [0.1, 0.15) is 22.3 Å². The lowest BCUT2D eigenvalue weighted by Gasteiger charge is -2.27. The highest BCUT2D eigenvalue weighted by Crippen LogP contribution is 2.35. The highest BCUT2D eigenvalue weighted by Gasteiger charge is 2.43. The van der Waals surface area contributed by atoms with Crippen LogP contribution >= 0.6 is 0 Å². The molecule has 1 unspecified atom stereocenters. The molecular formula is C14H9F5N2O3. The first-order valence-corrected chi connectivity index (χ1v) is 6.40. The minimum atomic E-state index is -5.36. The summed E-state index contributed by atoms with van der Waals surface area (Å²) in [5.41, 5.74) is -5.58. The zero-order valence-corrected chi connectivity index (χ0v) is 11.7. The normalized spacial score (nSPS) is 20.0. The maximum absolute atomic E-state index is 13.5. The molecule has 2 N–H and O–H groups in total. The van der Waals surface area contributed by atoms with Gasteiger partial charge in [-0.1, -0.05) is 6.08 Å². The number of aliphatic carboxylic acids is 1. The fourth-order valence-electron chi connectivity index (χ4n) is 2.07. The van der Waals surface area contributed by atoms with E-state index in [9.17, 15) is 36.6 Å². The molecule has 5 nitrogen and oxygen atoms in total. The predicted octanol–water partition coefficient (Wildman–Crippen LogP) is 2.53. The zero-order valence-electron chi connectivity index (χ0n) is 11.7. The van der Waals surface area contributed by atoms with E-state index in [0.29, 0.717) is 12.1 Å². The smallest absolute Gasteiger partial charge is 0.420 e. The molecule has 2 rings (SSSR count). The standard InChI is InChI=1S/C14H9F5N2O3/c15-8-4-3-7(9(10(8)16)14(17,18)19)11(22)21-13(12(23)24)5-1-2-6-20-13/h1-4,6H,5H2,(H,21,22)(H,23,24). The van der Waals surface area contributed by atoms with E-state index in [0.717, 1.165) is 6.21 Å². The number of allylic oxidation sites excluding steroid dienone is 1. The monoisotopic (exact) mass is 348 g/mol. The SMILES string of the molecule is O=C(NC1(C(=O)O)CC=CC=N1)c1ccc(F)c(F)c1C(F)(F)F. The van der Waals surface area contributed by atoms with Gasteiger partial charge in [-0.25, -0.2) is 13.6 Å². The number of rotatable bonds is 3. The molecule has 128 valence electrons. The Balaban J connectivity index is 2.47. The quantitative estimate of drug-likeness (QED) is 0.824. The van der Waals surface area contributed by atoms with Crippen molar-refractivity contribution >= 4 is 18.1 Å². The average molecular weight is 348 g/mol. The molecule has 0 radical (unpaired) electrons. The molecule has 24 heavy (non-hydrogen) atoms. The van der Waals surface area contributed by atoms with E-state index in [1.165, 1.54) is 12.2 Å². The van der Waals surface area contributed by atoms with Crippen LogP contribution in [0.5, 0.6) is 0 Å². The molecule has 1 amide bonds. The van der Waals surface area contributed by atoms with Crippen molar-refractivity contribution in [1.29, 1.82) is 0 Å². The molecule has 10 heteroatoms. The molecule has 0 aliphatic carbocycles. The molecule has 1 atom stereocenters. The zero-order chi connectivity index (χ0) is 18.1. The van der Waals surface area contributed by atoms with Gasteiger partial charge in [0.1, 0.15) is 5.56 Å². The molecule has 0 fully saturated rings. The van der Waals surface area contributed by atoms with Crippen molar-refractivity contribution in [3.8, 4) is 0 Å². The lowest BCUT2D eigenvalue weighted by molar-refractivity contribution is -0.144. The van der Waals surface area contributed by atoms with E-state index < -0.39 is 46.5 Å². The van der Waals surface area contributed by atoms with Crippen LogP contribution in [-0.4, -0.2) is 28.9 Å². The second-order valence-corrected chi connectivity index (χ2v) is 4.81. The molecular weight excluding hydrogens is 339 g/mol. The van der Waals surface area contributed by atoms with Crippen molar-refractivity contribution in [3.05, 3.63) is 47.0 Å². The number of hydrogen-bond donors (Lipinski definition) is 2. The largest absolute Gasteiger partial charge is 0.478 e.